The van der Waals surface area contributed by atoms with Crippen molar-refractivity contribution in [3.63, 3.8) is 0 Å². The van der Waals surface area contributed by atoms with Crippen LogP contribution in [0.3, 0.4) is 0 Å². The highest BCUT2D eigenvalue weighted by molar-refractivity contribution is 14.1. The van der Waals surface area contributed by atoms with Crippen molar-refractivity contribution in [1.82, 2.24) is 10.2 Å². The molecule has 0 atom stereocenters. The molecule has 2 aromatic rings. The van der Waals surface area contributed by atoms with Gasteiger partial charge in [0.2, 0.25) is 0 Å². The smallest absolute Gasteiger partial charge is 0.263 e. The lowest BCUT2D eigenvalue weighted by Gasteiger charge is -2.04. The van der Waals surface area contributed by atoms with E-state index in [2.05, 4.69) is 37.5 Å². The van der Waals surface area contributed by atoms with E-state index in [4.69, 9.17) is 0 Å². The number of hydrogen-bond acceptors (Lipinski definition) is 3. The molecule has 1 aromatic carbocycles. The van der Waals surface area contributed by atoms with Gasteiger partial charge in [0, 0.05) is 15.3 Å². The van der Waals surface area contributed by atoms with Gasteiger partial charge < -0.3 is 0 Å². The summed E-state index contributed by atoms with van der Waals surface area (Å²) >= 11 is 2.12. The number of aromatic amines is 1. The number of benzene rings is 1. The third-order valence-electron chi connectivity index (χ3n) is 2.37. The van der Waals surface area contributed by atoms with Gasteiger partial charge >= 0.3 is 0 Å². The van der Waals surface area contributed by atoms with Crippen LogP contribution in [0, 0.1) is 3.57 Å². The zero-order valence-corrected chi connectivity index (χ0v) is 12.6. The van der Waals surface area contributed by atoms with E-state index in [1.807, 2.05) is 6.92 Å². The van der Waals surface area contributed by atoms with E-state index >= 15 is 0 Å². The molecule has 2 rings (SSSR count). The predicted octanol–water partition coefficient (Wildman–Crippen LogP) is 2.38. The van der Waals surface area contributed by atoms with Crippen molar-refractivity contribution in [2.45, 2.75) is 18.2 Å². The maximum absolute atomic E-state index is 12.0. The minimum Gasteiger partial charge on any atom is -0.280 e. The van der Waals surface area contributed by atoms with Gasteiger partial charge in [0.05, 0.1) is 4.90 Å². The van der Waals surface area contributed by atoms with E-state index in [1.54, 1.807) is 30.3 Å². The van der Waals surface area contributed by atoms with Gasteiger partial charge in [-0.25, -0.2) is 8.42 Å². The van der Waals surface area contributed by atoms with Gasteiger partial charge in [-0.3, -0.25) is 9.82 Å². The third-order valence-corrected chi connectivity index (χ3v) is 4.46. The molecule has 0 radical (unpaired) electrons. The van der Waals surface area contributed by atoms with Crippen molar-refractivity contribution < 1.29 is 8.42 Å². The Morgan fingerprint density at radius 3 is 2.56 bits per heavy atom. The fraction of sp³-hybridized carbons (Fsp3) is 0.182. The molecule has 0 spiro atoms. The molecule has 96 valence electrons. The van der Waals surface area contributed by atoms with E-state index in [0.29, 0.717) is 5.82 Å². The van der Waals surface area contributed by atoms with Crippen LogP contribution in [-0.4, -0.2) is 18.6 Å². The summed E-state index contributed by atoms with van der Waals surface area (Å²) in [6.45, 7) is 1.96. The number of H-pyrrole nitrogens is 1. The molecule has 0 aliphatic carbocycles. The Morgan fingerprint density at radius 2 is 2.00 bits per heavy atom. The maximum Gasteiger partial charge on any atom is 0.263 e. The van der Waals surface area contributed by atoms with Crippen molar-refractivity contribution in [3.05, 3.63) is 39.6 Å². The molecule has 5 nitrogen and oxygen atoms in total. The predicted molar refractivity (Wildman–Crippen MR) is 77.9 cm³/mol. The van der Waals surface area contributed by atoms with Crippen LogP contribution in [-0.2, 0) is 16.4 Å². The van der Waals surface area contributed by atoms with Gasteiger partial charge in [-0.1, -0.05) is 6.92 Å². The van der Waals surface area contributed by atoms with Crippen LogP contribution in [0.1, 0.15) is 12.6 Å². The van der Waals surface area contributed by atoms with Crippen molar-refractivity contribution >= 4 is 38.4 Å². The summed E-state index contributed by atoms with van der Waals surface area (Å²) in [4.78, 5) is 0.226. The molecule has 0 saturated heterocycles. The molecule has 2 N–H and O–H groups in total. The third kappa shape index (κ3) is 3.02. The summed E-state index contributed by atoms with van der Waals surface area (Å²) in [7, 11) is -3.56. The molecule has 0 unspecified atom stereocenters. The SMILES string of the molecule is CCc1cc(NS(=O)(=O)c2ccc(I)cc2)n[nH]1. The molecular formula is C11H12IN3O2S. The first-order valence-corrected chi connectivity index (χ1v) is 7.90. The van der Waals surface area contributed by atoms with Crippen LogP contribution < -0.4 is 4.72 Å². The van der Waals surface area contributed by atoms with Gasteiger partial charge in [-0.05, 0) is 53.3 Å². The Balaban J connectivity index is 2.24. The standard InChI is InChI=1S/C11H12IN3O2S/c1-2-9-7-11(14-13-9)15-18(16,17)10-5-3-8(12)4-6-10/h3-7H,2H2,1H3,(H2,13,14,15). The van der Waals surface area contributed by atoms with Crippen LogP contribution in [0.4, 0.5) is 5.82 Å². The largest absolute Gasteiger partial charge is 0.280 e. The summed E-state index contributed by atoms with van der Waals surface area (Å²) in [5.41, 5.74) is 0.885. The number of aryl methyl sites for hydroxylation is 1. The van der Waals surface area contributed by atoms with Gasteiger partial charge in [0.15, 0.2) is 5.82 Å². The van der Waals surface area contributed by atoms with E-state index in [1.165, 1.54) is 0 Å². The summed E-state index contributed by atoms with van der Waals surface area (Å²) in [5.74, 6) is 0.311. The zero-order valence-electron chi connectivity index (χ0n) is 9.64. The average Bonchev–Trinajstić information content (AvgIpc) is 2.76. The molecule has 0 amide bonds. The van der Waals surface area contributed by atoms with Crippen LogP contribution in [0.5, 0.6) is 0 Å². The lowest BCUT2D eigenvalue weighted by Crippen LogP contribution is -2.13. The van der Waals surface area contributed by atoms with E-state index in [-0.39, 0.29) is 4.90 Å². The van der Waals surface area contributed by atoms with E-state index < -0.39 is 10.0 Å². The van der Waals surface area contributed by atoms with Crippen molar-refractivity contribution in [3.8, 4) is 0 Å². The molecule has 0 fully saturated rings. The molecule has 1 heterocycles. The number of aromatic nitrogens is 2. The number of hydrogen-bond donors (Lipinski definition) is 2. The number of nitrogens with zero attached hydrogens (tertiary/aromatic N) is 1. The number of rotatable bonds is 4. The monoisotopic (exact) mass is 377 g/mol. The molecule has 0 bridgehead atoms. The maximum atomic E-state index is 12.0. The molecule has 1 aromatic heterocycles. The summed E-state index contributed by atoms with van der Waals surface area (Å²) in [6.07, 6.45) is 0.776. The molecule has 0 aliphatic rings. The first-order chi connectivity index (χ1) is 8.51. The minimum absolute atomic E-state index is 0.226. The zero-order chi connectivity index (χ0) is 13.2. The average molecular weight is 377 g/mol. The number of halogens is 1. The lowest BCUT2D eigenvalue weighted by molar-refractivity contribution is 0.601. The highest BCUT2D eigenvalue weighted by atomic mass is 127. The first-order valence-electron chi connectivity index (χ1n) is 5.34. The van der Waals surface area contributed by atoms with Crippen LogP contribution >= 0.6 is 22.6 Å². The Labute approximate surface area is 119 Å². The molecule has 18 heavy (non-hydrogen) atoms. The van der Waals surface area contributed by atoms with Crippen molar-refractivity contribution in [2.75, 3.05) is 4.72 Å². The molecular weight excluding hydrogens is 365 g/mol. The molecule has 7 heteroatoms. The van der Waals surface area contributed by atoms with E-state index in [0.717, 1.165) is 15.7 Å². The number of sulfonamides is 1. The second kappa shape index (κ2) is 5.27. The molecule has 0 aliphatic heterocycles. The Bertz CT molecular complexity index is 635. The Kier molecular flexibility index (Phi) is 3.91. The summed E-state index contributed by atoms with van der Waals surface area (Å²) < 4.78 is 27.5. The molecule has 0 saturated carbocycles. The van der Waals surface area contributed by atoms with Gasteiger partial charge in [0.1, 0.15) is 0 Å². The first kappa shape index (κ1) is 13.3. The van der Waals surface area contributed by atoms with Crippen molar-refractivity contribution in [2.24, 2.45) is 0 Å². The van der Waals surface area contributed by atoms with Crippen molar-refractivity contribution in [1.29, 1.82) is 0 Å². The summed E-state index contributed by atoms with van der Waals surface area (Å²) in [6, 6.07) is 8.31. The quantitative estimate of drug-likeness (QED) is 0.804. The second-order valence-electron chi connectivity index (χ2n) is 3.69. The fourth-order valence-electron chi connectivity index (χ4n) is 1.41. The Morgan fingerprint density at radius 1 is 1.33 bits per heavy atom. The number of anilines is 1. The van der Waals surface area contributed by atoms with Gasteiger partial charge in [-0.2, -0.15) is 5.10 Å². The van der Waals surface area contributed by atoms with Crippen LogP contribution in [0.25, 0.3) is 0 Å². The van der Waals surface area contributed by atoms with Gasteiger partial charge in [-0.15, -0.1) is 0 Å². The number of nitrogens with one attached hydrogen (secondary N) is 2. The highest BCUT2D eigenvalue weighted by Gasteiger charge is 2.15. The summed E-state index contributed by atoms with van der Waals surface area (Å²) in [5, 5.41) is 6.66. The van der Waals surface area contributed by atoms with Crippen LogP contribution in [0.15, 0.2) is 35.2 Å². The van der Waals surface area contributed by atoms with Gasteiger partial charge in [0.25, 0.3) is 10.0 Å². The lowest BCUT2D eigenvalue weighted by atomic mass is 10.3. The highest BCUT2D eigenvalue weighted by Crippen LogP contribution is 2.16. The Hall–Kier alpha value is -1.09. The fourth-order valence-corrected chi connectivity index (χ4v) is 2.76. The normalized spacial score (nSPS) is 11.4. The second-order valence-corrected chi connectivity index (χ2v) is 6.62. The topological polar surface area (TPSA) is 74.8 Å². The van der Waals surface area contributed by atoms with Crippen LogP contribution in [0.2, 0.25) is 0 Å². The van der Waals surface area contributed by atoms with E-state index in [9.17, 15) is 8.42 Å². The minimum atomic E-state index is -3.56.